The first-order valence-electron chi connectivity index (χ1n) is 33.8. The summed E-state index contributed by atoms with van der Waals surface area (Å²) in [5.74, 6) is -16.9. The molecule has 3 fully saturated rings. The van der Waals surface area contributed by atoms with Crippen molar-refractivity contribution in [1.82, 2.24) is 73.2 Å². The first-order valence-corrected chi connectivity index (χ1v) is 36.3. The molecule has 0 spiro atoms. The standard InChI is InChI=1S/C65H92N16O21S4/c1-32(53(90)78-52(33(2)84)62(99)74-41(23-49(67)86)64(101)79-18-6-11-46(79)60(97)72-39(24-51(88)89)55(92)69-36(26-82)28-103)68-54(91)38(21-34-9-4-3-5-10-34)71-58(95)45(31-106)77-61(98)47-12-7-19-80(47)65(102)48-13-8-20-81(48)63(100)40(22-35-14-16-37(85)17-15-35)73-56(93)42(27-83)75-59(96)44(30-105)76-57(94)43(29-104)70-50(87)25-66/h3-5,9-10,14-17,26,32-33,36,38-48,52,83-85,103-106H,6-8,11-13,18-25,27-31,66H2,1-2H3,(H2,67,86)(H,68,91)(H,69,92)(H,70,87)(H,71,95)(H,72,97)(H,73,93)(H,74,99)(H,75,96)(H,76,94)(H,77,98)(H,78,90)(H,88,89)/t32-,33+,36+,38-,39-,40-,41-,42-,43-,44-,45-,46-,47-,48-,52-/m0/s1. The molecule has 3 saturated heterocycles. The van der Waals surface area contributed by atoms with Crippen LogP contribution in [0.15, 0.2) is 54.6 Å². The molecule has 0 radical (unpaired) electrons. The van der Waals surface area contributed by atoms with E-state index >= 15 is 0 Å². The van der Waals surface area contributed by atoms with E-state index in [0.29, 0.717) is 30.3 Å². The SMILES string of the molecule is C[C@H](NC(=O)[C@H](Cc1ccccc1)NC(=O)[C@H](CS)NC(=O)[C@@H]1CCCN1C(=O)[C@@H]1CCCN1C(=O)[C@H](Cc1ccc(O)cc1)NC(=O)[C@H](CO)NC(=O)[C@H](CS)NC(=O)[C@H](CS)NC(=O)CN)C(=O)N[C@H](C(=O)N[C@@H](CC(N)=O)C(=O)N1CCC[C@H]1C(=O)N[C@@H](CC(=O)O)C(=O)N[C@H](C=O)CS)[C@@H](C)O. The Morgan fingerprint density at radius 3 is 1.47 bits per heavy atom. The van der Waals surface area contributed by atoms with Crippen molar-refractivity contribution in [3.63, 3.8) is 0 Å². The molecule has 0 aliphatic carbocycles. The zero-order valence-electron chi connectivity index (χ0n) is 57.9. The highest BCUT2D eigenvalue weighted by Gasteiger charge is 2.46. The maximum atomic E-state index is 14.8. The van der Waals surface area contributed by atoms with E-state index in [1.54, 1.807) is 30.3 Å². The minimum absolute atomic E-state index is 0.000988. The van der Waals surface area contributed by atoms with Crippen LogP contribution < -0.4 is 70.0 Å². The van der Waals surface area contributed by atoms with E-state index < -0.39 is 211 Å². The van der Waals surface area contributed by atoms with Crippen molar-refractivity contribution in [2.75, 3.05) is 55.8 Å². The molecule has 5 rings (SSSR count). The summed E-state index contributed by atoms with van der Waals surface area (Å²) in [5.41, 5.74) is 11.7. The molecular formula is C65H92N16O21S4. The molecule has 2 aromatic carbocycles. The van der Waals surface area contributed by atoms with Crippen LogP contribution in [0.2, 0.25) is 0 Å². The van der Waals surface area contributed by atoms with E-state index in [9.17, 15) is 102 Å². The lowest BCUT2D eigenvalue weighted by Gasteiger charge is -2.33. The van der Waals surface area contributed by atoms with Crippen LogP contribution in [-0.4, -0.2) is 282 Å². The van der Waals surface area contributed by atoms with Gasteiger partial charge in [0, 0.05) is 55.5 Å². The van der Waals surface area contributed by atoms with Crippen molar-refractivity contribution >= 4 is 151 Å². The number of aliphatic hydroxyl groups excluding tert-OH is 2. The van der Waals surface area contributed by atoms with Crippen molar-refractivity contribution in [3.8, 4) is 5.75 Å². The number of carbonyl (C=O) groups excluding carboxylic acids is 16. The average molecular weight is 1560 g/mol. The molecule has 0 unspecified atom stereocenters. The Labute approximate surface area is 630 Å². The van der Waals surface area contributed by atoms with Gasteiger partial charge in [-0.25, -0.2) is 0 Å². The van der Waals surface area contributed by atoms with Crippen LogP contribution in [0.3, 0.4) is 0 Å². The number of aromatic hydroxyl groups is 1. The fraction of sp³-hybridized carbons (Fsp3) is 0.554. The third-order valence-corrected chi connectivity index (χ3v) is 18.9. The number of hydrogen-bond acceptors (Lipinski definition) is 25. The van der Waals surface area contributed by atoms with E-state index in [2.05, 4.69) is 109 Å². The molecule has 0 bridgehead atoms. The zero-order chi connectivity index (χ0) is 78.6. The van der Waals surface area contributed by atoms with Gasteiger partial charge in [-0.2, -0.15) is 50.5 Å². The van der Waals surface area contributed by atoms with E-state index in [1.807, 2.05) is 0 Å². The van der Waals surface area contributed by atoms with Gasteiger partial charge in [-0.1, -0.05) is 42.5 Å². The molecule has 582 valence electrons. The van der Waals surface area contributed by atoms with Crippen LogP contribution in [0.4, 0.5) is 0 Å². The Morgan fingerprint density at radius 1 is 0.500 bits per heavy atom. The van der Waals surface area contributed by atoms with Crippen LogP contribution >= 0.6 is 50.5 Å². The number of aliphatic carboxylic acids is 1. The van der Waals surface area contributed by atoms with Crippen LogP contribution in [0.5, 0.6) is 5.75 Å². The lowest BCUT2D eigenvalue weighted by atomic mass is 10.0. The fourth-order valence-electron chi connectivity index (χ4n) is 11.8. The number of benzene rings is 2. The van der Waals surface area contributed by atoms with Gasteiger partial charge in [0.05, 0.1) is 38.1 Å². The summed E-state index contributed by atoms with van der Waals surface area (Å²) in [4.78, 5) is 232. The van der Waals surface area contributed by atoms with Gasteiger partial charge in [0.25, 0.3) is 0 Å². The third-order valence-electron chi connectivity index (χ3n) is 17.4. The zero-order valence-corrected chi connectivity index (χ0v) is 61.5. The van der Waals surface area contributed by atoms with Crippen molar-refractivity contribution in [2.45, 2.75) is 169 Å². The second-order valence-corrected chi connectivity index (χ2v) is 26.7. The van der Waals surface area contributed by atoms with E-state index in [1.165, 1.54) is 41.0 Å². The Morgan fingerprint density at radius 2 is 0.943 bits per heavy atom. The number of carboxylic acid groups (broad SMARTS) is 1. The van der Waals surface area contributed by atoms with Gasteiger partial charge < -0.3 is 110 Å². The second kappa shape index (κ2) is 42.8. The number of carbonyl (C=O) groups is 17. The number of hydrogen-bond donors (Lipinski definition) is 21. The number of aldehydes is 1. The average Bonchev–Trinajstić information content (AvgIpc) is 1.67. The molecule has 15 amide bonds. The number of phenols is 1. The monoisotopic (exact) mass is 1560 g/mol. The van der Waals surface area contributed by atoms with E-state index in [4.69, 9.17) is 11.5 Å². The highest BCUT2D eigenvalue weighted by molar-refractivity contribution is 7.80. The topological polar surface area (TPSA) is 565 Å². The van der Waals surface area contributed by atoms with Crippen LogP contribution in [0, 0.1) is 0 Å². The summed E-state index contributed by atoms with van der Waals surface area (Å²) >= 11 is 16.5. The highest BCUT2D eigenvalue weighted by Crippen LogP contribution is 2.27. The molecular weight excluding hydrogens is 1470 g/mol. The van der Waals surface area contributed by atoms with E-state index in [0.717, 1.165) is 11.8 Å². The quantitative estimate of drug-likeness (QED) is 0.0218. The molecule has 19 N–H and O–H groups in total. The maximum absolute atomic E-state index is 14.8. The number of likely N-dealkylation sites (tertiary alicyclic amines) is 3. The van der Waals surface area contributed by atoms with Crippen LogP contribution in [0.1, 0.15) is 76.3 Å². The minimum Gasteiger partial charge on any atom is -0.508 e. The Bertz CT molecular complexity index is 3520. The smallest absolute Gasteiger partial charge is 0.305 e. The van der Waals surface area contributed by atoms with Gasteiger partial charge >= 0.3 is 5.97 Å². The molecule has 0 saturated carbocycles. The Balaban J connectivity index is 1.26. The molecule has 37 nitrogen and oxygen atoms in total. The first kappa shape index (κ1) is 87.3. The number of primary amides is 1. The predicted molar refractivity (Wildman–Crippen MR) is 388 cm³/mol. The van der Waals surface area contributed by atoms with Crippen molar-refractivity contribution in [2.24, 2.45) is 11.5 Å². The van der Waals surface area contributed by atoms with Crippen molar-refractivity contribution in [3.05, 3.63) is 65.7 Å². The first-order chi connectivity index (χ1) is 50.3. The molecule has 3 aliphatic rings. The lowest BCUT2D eigenvalue weighted by Crippen LogP contribution is -2.62. The molecule has 41 heteroatoms. The number of amides is 15. The van der Waals surface area contributed by atoms with Crippen LogP contribution in [0.25, 0.3) is 0 Å². The number of phenolic OH excluding ortho intramolecular Hbond substituents is 1. The van der Waals surface area contributed by atoms with Gasteiger partial charge in [-0.15, -0.1) is 0 Å². The van der Waals surface area contributed by atoms with Crippen molar-refractivity contribution in [1.29, 1.82) is 0 Å². The van der Waals surface area contributed by atoms with Gasteiger partial charge in [-0.05, 0) is 75.6 Å². The summed E-state index contributed by atoms with van der Waals surface area (Å²) < 4.78 is 0. The largest absolute Gasteiger partial charge is 0.508 e. The van der Waals surface area contributed by atoms with Gasteiger partial charge in [0.2, 0.25) is 88.6 Å². The number of aliphatic hydroxyl groups is 2. The number of nitrogens with zero attached hydrogens (tertiary/aromatic N) is 3. The molecule has 3 aliphatic heterocycles. The van der Waals surface area contributed by atoms with Crippen molar-refractivity contribution < 1.29 is 102 Å². The number of nitrogens with two attached hydrogens (primary N) is 2. The van der Waals surface area contributed by atoms with Crippen LogP contribution in [-0.2, 0) is 94.3 Å². The molecule has 3 heterocycles. The maximum Gasteiger partial charge on any atom is 0.305 e. The molecule has 0 aromatic heterocycles. The highest BCUT2D eigenvalue weighted by atomic mass is 32.1. The molecule has 15 atom stereocenters. The number of carboxylic acids is 1. The Kier molecular flexibility index (Phi) is 35.2. The normalized spacial score (nSPS) is 18.8. The fourth-order valence-corrected chi connectivity index (χ4v) is 12.7. The summed E-state index contributed by atoms with van der Waals surface area (Å²) in [6.45, 7) is 0.722. The van der Waals surface area contributed by atoms with Gasteiger partial charge in [0.15, 0.2) is 0 Å². The van der Waals surface area contributed by atoms with Gasteiger partial charge in [0.1, 0.15) is 90.6 Å². The van der Waals surface area contributed by atoms with E-state index in [-0.39, 0.29) is 86.9 Å². The summed E-state index contributed by atoms with van der Waals surface area (Å²) in [5, 5.41) is 67.1. The second-order valence-electron chi connectivity index (χ2n) is 25.3. The number of rotatable bonds is 40. The third kappa shape index (κ3) is 25.5. The minimum atomic E-state index is -1.91. The lowest BCUT2D eigenvalue weighted by molar-refractivity contribution is -0.148. The Hall–Kier alpha value is -9.29. The predicted octanol–water partition coefficient (Wildman–Crippen LogP) is -7.90. The summed E-state index contributed by atoms with van der Waals surface area (Å²) in [6, 6.07) is -6.91. The summed E-state index contributed by atoms with van der Waals surface area (Å²) in [7, 11) is 0. The molecule has 106 heavy (non-hydrogen) atoms. The van der Waals surface area contributed by atoms with Gasteiger partial charge in [-0.3, -0.25) is 76.7 Å². The number of nitrogens with one attached hydrogen (secondary N) is 11. The number of thiol groups is 4. The summed E-state index contributed by atoms with van der Waals surface area (Å²) in [6.07, 6.45) is -2.70. The molecule has 2 aromatic rings.